The minimum Gasteiger partial charge on any atom is -0.478 e. The monoisotopic (exact) mass is 264 g/mol. The van der Waals surface area contributed by atoms with Crippen molar-refractivity contribution < 1.29 is 9.90 Å². The van der Waals surface area contributed by atoms with E-state index in [4.69, 9.17) is 5.11 Å². The fraction of sp³-hybridized carbons (Fsp3) is 0. The minimum atomic E-state index is -0.942. The first kappa shape index (κ1) is 12.2. The van der Waals surface area contributed by atoms with Gasteiger partial charge in [-0.2, -0.15) is 5.10 Å². The quantitative estimate of drug-likeness (QED) is 0.790. The highest BCUT2D eigenvalue weighted by Gasteiger charge is 2.06. The second-order valence-electron chi connectivity index (χ2n) is 4.40. The largest absolute Gasteiger partial charge is 0.478 e. The molecule has 0 saturated heterocycles. The zero-order valence-electron chi connectivity index (χ0n) is 10.6. The molecule has 3 aromatic rings. The number of benzene rings is 2. The van der Waals surface area contributed by atoms with Crippen LogP contribution < -0.4 is 0 Å². The molecule has 0 atom stereocenters. The van der Waals surface area contributed by atoms with Gasteiger partial charge in [0.1, 0.15) is 0 Å². The van der Waals surface area contributed by atoms with Crippen LogP contribution in [0.5, 0.6) is 0 Å². The van der Waals surface area contributed by atoms with E-state index < -0.39 is 5.97 Å². The fourth-order valence-corrected chi connectivity index (χ4v) is 2.03. The zero-order valence-corrected chi connectivity index (χ0v) is 10.6. The van der Waals surface area contributed by atoms with Gasteiger partial charge in [0.05, 0.1) is 17.4 Å². The van der Waals surface area contributed by atoms with Gasteiger partial charge in [0.25, 0.3) is 0 Å². The average molecular weight is 264 g/mol. The smallest absolute Gasteiger partial charge is 0.335 e. The Kier molecular flexibility index (Phi) is 3.05. The molecule has 0 saturated carbocycles. The van der Waals surface area contributed by atoms with Crippen molar-refractivity contribution in [3.05, 3.63) is 72.6 Å². The topological polar surface area (TPSA) is 55.1 Å². The van der Waals surface area contributed by atoms with E-state index in [1.165, 1.54) is 0 Å². The van der Waals surface area contributed by atoms with Crippen LogP contribution in [0.15, 0.2) is 67.0 Å². The van der Waals surface area contributed by atoms with E-state index >= 15 is 0 Å². The van der Waals surface area contributed by atoms with Crippen molar-refractivity contribution >= 4 is 5.97 Å². The summed E-state index contributed by atoms with van der Waals surface area (Å²) in [5, 5.41) is 13.3. The van der Waals surface area contributed by atoms with Crippen LogP contribution >= 0.6 is 0 Å². The average Bonchev–Trinajstić information content (AvgIpc) is 2.98. The summed E-state index contributed by atoms with van der Waals surface area (Å²) < 4.78 is 1.68. The van der Waals surface area contributed by atoms with Crippen LogP contribution in [0.2, 0.25) is 0 Å². The lowest BCUT2D eigenvalue weighted by Gasteiger charge is -2.02. The van der Waals surface area contributed by atoms with Crippen molar-refractivity contribution in [1.29, 1.82) is 0 Å². The van der Waals surface area contributed by atoms with Crippen LogP contribution in [0.25, 0.3) is 16.8 Å². The number of rotatable bonds is 3. The molecule has 98 valence electrons. The summed E-state index contributed by atoms with van der Waals surface area (Å²) in [7, 11) is 0. The molecule has 0 unspecified atom stereocenters. The minimum absolute atomic E-state index is 0.249. The van der Waals surface area contributed by atoms with Crippen molar-refractivity contribution in [3.63, 3.8) is 0 Å². The molecule has 3 rings (SSSR count). The molecule has 0 aliphatic heterocycles. The van der Waals surface area contributed by atoms with Gasteiger partial charge in [0.2, 0.25) is 0 Å². The third-order valence-corrected chi connectivity index (χ3v) is 3.05. The number of aromatic nitrogens is 2. The van der Waals surface area contributed by atoms with Crippen LogP contribution in [0, 0.1) is 0 Å². The lowest BCUT2D eigenvalue weighted by Crippen LogP contribution is -1.99. The molecule has 20 heavy (non-hydrogen) atoms. The Balaban J connectivity index is 1.98. The fourth-order valence-electron chi connectivity index (χ4n) is 2.03. The molecule has 1 N–H and O–H groups in total. The molecule has 4 nitrogen and oxygen atoms in total. The lowest BCUT2D eigenvalue weighted by molar-refractivity contribution is 0.0697. The molecule has 2 aromatic carbocycles. The van der Waals surface area contributed by atoms with Crippen LogP contribution in [0.3, 0.4) is 0 Å². The lowest BCUT2D eigenvalue weighted by atomic mass is 10.1. The van der Waals surface area contributed by atoms with Crippen molar-refractivity contribution in [1.82, 2.24) is 9.78 Å². The van der Waals surface area contributed by atoms with Gasteiger partial charge in [-0.05, 0) is 23.8 Å². The van der Waals surface area contributed by atoms with Gasteiger partial charge in [-0.25, -0.2) is 9.48 Å². The highest BCUT2D eigenvalue weighted by atomic mass is 16.4. The van der Waals surface area contributed by atoms with Crippen molar-refractivity contribution in [3.8, 4) is 16.8 Å². The number of carboxylic acids is 1. The maximum absolute atomic E-state index is 11.0. The molecule has 0 spiro atoms. The molecular weight excluding hydrogens is 252 g/mol. The summed E-state index contributed by atoms with van der Waals surface area (Å²) in [6.45, 7) is 0. The van der Waals surface area contributed by atoms with Crippen LogP contribution in [-0.2, 0) is 0 Å². The third-order valence-electron chi connectivity index (χ3n) is 3.05. The first-order chi connectivity index (χ1) is 9.74. The number of aromatic carboxylic acids is 1. The number of hydrogen-bond donors (Lipinski definition) is 1. The second-order valence-corrected chi connectivity index (χ2v) is 4.40. The number of hydrogen-bond acceptors (Lipinski definition) is 2. The standard InChI is InChI=1S/C16H12N2O2/c19-16(20)13-7-4-8-15(9-13)18-11-14(10-17-18)12-5-2-1-3-6-12/h1-11H,(H,19,20). The van der Waals surface area contributed by atoms with Gasteiger partial charge in [0.15, 0.2) is 0 Å². The van der Waals surface area contributed by atoms with E-state index in [0.29, 0.717) is 0 Å². The van der Waals surface area contributed by atoms with E-state index in [-0.39, 0.29) is 5.56 Å². The van der Waals surface area contributed by atoms with Crippen molar-refractivity contribution in [2.75, 3.05) is 0 Å². The van der Waals surface area contributed by atoms with Crippen LogP contribution in [0.4, 0.5) is 0 Å². The Labute approximate surface area is 115 Å². The molecule has 4 heteroatoms. The van der Waals surface area contributed by atoms with Gasteiger partial charge in [0, 0.05) is 11.8 Å². The number of carboxylic acid groups (broad SMARTS) is 1. The second kappa shape index (κ2) is 5.01. The summed E-state index contributed by atoms with van der Waals surface area (Å²) in [6, 6.07) is 16.6. The molecule has 0 radical (unpaired) electrons. The molecule has 1 heterocycles. The van der Waals surface area contributed by atoms with E-state index in [9.17, 15) is 4.79 Å². The maximum atomic E-state index is 11.0. The summed E-state index contributed by atoms with van der Waals surface area (Å²) in [5.74, 6) is -0.942. The highest BCUT2D eigenvalue weighted by Crippen LogP contribution is 2.20. The summed E-state index contributed by atoms with van der Waals surface area (Å²) in [4.78, 5) is 11.0. The highest BCUT2D eigenvalue weighted by molar-refractivity contribution is 5.88. The molecule has 0 aliphatic carbocycles. The Hall–Kier alpha value is -2.88. The SMILES string of the molecule is O=C(O)c1cccc(-n2cc(-c3ccccc3)cn2)c1. The summed E-state index contributed by atoms with van der Waals surface area (Å²) >= 11 is 0. The van der Waals surface area contributed by atoms with Crippen LogP contribution in [-0.4, -0.2) is 20.9 Å². The Morgan fingerprint density at radius 1 is 1.00 bits per heavy atom. The number of carbonyl (C=O) groups is 1. The molecule has 0 bridgehead atoms. The predicted molar refractivity (Wildman–Crippen MR) is 76.0 cm³/mol. The Morgan fingerprint density at radius 3 is 2.55 bits per heavy atom. The Bertz CT molecular complexity index is 748. The van der Waals surface area contributed by atoms with E-state index in [2.05, 4.69) is 5.10 Å². The first-order valence-electron chi connectivity index (χ1n) is 6.18. The molecule has 0 fully saturated rings. The summed E-state index contributed by atoms with van der Waals surface area (Å²) in [5.41, 5.74) is 3.05. The normalized spacial score (nSPS) is 10.4. The van der Waals surface area contributed by atoms with Gasteiger partial charge in [-0.1, -0.05) is 36.4 Å². The third kappa shape index (κ3) is 2.31. The van der Waals surface area contributed by atoms with E-state index in [0.717, 1.165) is 16.8 Å². The van der Waals surface area contributed by atoms with Crippen LogP contribution in [0.1, 0.15) is 10.4 Å². The Morgan fingerprint density at radius 2 is 1.80 bits per heavy atom. The van der Waals surface area contributed by atoms with Crippen molar-refractivity contribution in [2.45, 2.75) is 0 Å². The maximum Gasteiger partial charge on any atom is 0.335 e. The molecule has 0 amide bonds. The molecule has 0 aliphatic rings. The van der Waals surface area contributed by atoms with E-state index in [1.807, 2.05) is 42.6 Å². The first-order valence-corrected chi connectivity index (χ1v) is 6.18. The zero-order chi connectivity index (χ0) is 13.9. The van der Waals surface area contributed by atoms with Gasteiger partial charge in [-0.15, -0.1) is 0 Å². The predicted octanol–water partition coefficient (Wildman–Crippen LogP) is 3.24. The summed E-state index contributed by atoms with van der Waals surface area (Å²) in [6.07, 6.45) is 3.65. The molecule has 1 aromatic heterocycles. The van der Waals surface area contributed by atoms with E-state index in [1.54, 1.807) is 29.1 Å². The van der Waals surface area contributed by atoms with Gasteiger partial charge in [-0.3, -0.25) is 0 Å². The van der Waals surface area contributed by atoms with Gasteiger partial charge >= 0.3 is 5.97 Å². The molecular formula is C16H12N2O2. The van der Waals surface area contributed by atoms with Crippen molar-refractivity contribution in [2.24, 2.45) is 0 Å². The number of nitrogens with zero attached hydrogens (tertiary/aromatic N) is 2. The van der Waals surface area contributed by atoms with Gasteiger partial charge < -0.3 is 5.11 Å².